The number of pyridine rings is 1. The van der Waals surface area contributed by atoms with Crippen molar-refractivity contribution in [3.8, 4) is 23.1 Å². The van der Waals surface area contributed by atoms with Crippen LogP contribution in [0.25, 0.3) is 11.1 Å². The zero-order chi connectivity index (χ0) is 26.5. The SMILES string of the molecule is C[C@H](CO)N1C[C@H](C)[C@@H](CN(C)C(=O)C2CCCCC2)Oc2ncc(-c3cccc(C#N)c3)cc2C1=O. The third kappa shape index (κ3) is 5.94. The molecule has 1 aromatic heterocycles. The van der Waals surface area contributed by atoms with E-state index in [1.54, 1.807) is 40.3 Å². The Hall–Kier alpha value is -3.44. The summed E-state index contributed by atoms with van der Waals surface area (Å²) in [5, 5.41) is 19.2. The van der Waals surface area contributed by atoms with Crippen LogP contribution < -0.4 is 4.74 Å². The summed E-state index contributed by atoms with van der Waals surface area (Å²) in [6, 6.07) is 10.6. The van der Waals surface area contributed by atoms with Gasteiger partial charge in [0.25, 0.3) is 5.91 Å². The molecule has 2 heterocycles. The third-order valence-corrected chi connectivity index (χ3v) is 7.63. The molecule has 1 N–H and O–H groups in total. The number of hydrogen-bond donors (Lipinski definition) is 1. The van der Waals surface area contributed by atoms with E-state index in [-0.39, 0.29) is 42.2 Å². The molecule has 3 atom stereocenters. The highest BCUT2D eigenvalue weighted by Crippen LogP contribution is 2.31. The number of carbonyl (C=O) groups excluding carboxylic acids is 2. The first-order valence-electron chi connectivity index (χ1n) is 13.2. The minimum Gasteiger partial charge on any atom is -0.472 e. The van der Waals surface area contributed by atoms with Crippen molar-refractivity contribution >= 4 is 11.8 Å². The van der Waals surface area contributed by atoms with Gasteiger partial charge in [-0.2, -0.15) is 5.26 Å². The smallest absolute Gasteiger partial charge is 0.259 e. The van der Waals surface area contributed by atoms with Gasteiger partial charge in [0.1, 0.15) is 11.7 Å². The van der Waals surface area contributed by atoms with Crippen LogP contribution in [-0.4, -0.2) is 70.6 Å². The number of carbonyl (C=O) groups is 2. The van der Waals surface area contributed by atoms with E-state index in [2.05, 4.69) is 11.1 Å². The lowest BCUT2D eigenvalue weighted by Gasteiger charge is -2.38. The topological polar surface area (TPSA) is 107 Å². The van der Waals surface area contributed by atoms with Gasteiger partial charge in [-0.25, -0.2) is 4.98 Å². The number of nitrogens with zero attached hydrogens (tertiary/aromatic N) is 4. The highest BCUT2D eigenvalue weighted by atomic mass is 16.5. The van der Waals surface area contributed by atoms with Gasteiger partial charge in [0.2, 0.25) is 11.8 Å². The molecular weight excluding hydrogens is 468 g/mol. The molecule has 2 aromatic rings. The van der Waals surface area contributed by atoms with Gasteiger partial charge >= 0.3 is 0 Å². The van der Waals surface area contributed by atoms with Gasteiger partial charge in [0.15, 0.2) is 0 Å². The highest BCUT2D eigenvalue weighted by molar-refractivity contribution is 5.98. The maximum atomic E-state index is 13.7. The van der Waals surface area contributed by atoms with Gasteiger partial charge in [-0.15, -0.1) is 0 Å². The molecule has 0 radical (unpaired) electrons. The quantitative estimate of drug-likeness (QED) is 0.640. The second-order valence-electron chi connectivity index (χ2n) is 10.4. The molecule has 8 heteroatoms. The monoisotopic (exact) mass is 504 g/mol. The number of rotatable bonds is 6. The number of fused-ring (bicyclic) bond motifs is 1. The summed E-state index contributed by atoms with van der Waals surface area (Å²) < 4.78 is 6.36. The van der Waals surface area contributed by atoms with Crippen LogP contribution in [0.4, 0.5) is 0 Å². The summed E-state index contributed by atoms with van der Waals surface area (Å²) in [6.45, 7) is 4.41. The Bertz CT molecular complexity index is 1170. The van der Waals surface area contributed by atoms with E-state index in [0.29, 0.717) is 29.8 Å². The molecule has 1 aliphatic heterocycles. The number of aliphatic hydroxyl groups excluding tert-OH is 1. The van der Waals surface area contributed by atoms with Crippen LogP contribution in [-0.2, 0) is 4.79 Å². The molecule has 0 spiro atoms. The number of amides is 2. The van der Waals surface area contributed by atoms with Gasteiger partial charge < -0.3 is 19.6 Å². The first kappa shape index (κ1) is 26.6. The first-order chi connectivity index (χ1) is 17.8. The minimum absolute atomic E-state index is 0.0623. The maximum absolute atomic E-state index is 13.7. The second-order valence-corrected chi connectivity index (χ2v) is 10.4. The van der Waals surface area contributed by atoms with Crippen molar-refractivity contribution in [3.05, 3.63) is 47.7 Å². The molecule has 37 heavy (non-hydrogen) atoms. The number of likely N-dealkylation sites (N-methyl/N-ethyl adjacent to an activating group) is 1. The van der Waals surface area contributed by atoms with Crippen molar-refractivity contribution in [1.29, 1.82) is 5.26 Å². The molecule has 1 saturated carbocycles. The lowest BCUT2D eigenvalue weighted by Crippen LogP contribution is -2.51. The van der Waals surface area contributed by atoms with Crippen molar-refractivity contribution in [3.63, 3.8) is 0 Å². The maximum Gasteiger partial charge on any atom is 0.259 e. The fourth-order valence-corrected chi connectivity index (χ4v) is 5.27. The zero-order valence-electron chi connectivity index (χ0n) is 21.9. The summed E-state index contributed by atoms with van der Waals surface area (Å²) in [6.07, 6.45) is 6.50. The van der Waals surface area contributed by atoms with E-state index in [0.717, 1.165) is 31.2 Å². The van der Waals surface area contributed by atoms with Crippen molar-refractivity contribution in [2.24, 2.45) is 11.8 Å². The van der Waals surface area contributed by atoms with E-state index in [1.807, 2.05) is 27.0 Å². The van der Waals surface area contributed by atoms with Crippen LogP contribution in [0.1, 0.15) is 61.9 Å². The lowest BCUT2D eigenvalue weighted by atomic mass is 9.88. The van der Waals surface area contributed by atoms with Crippen LogP contribution >= 0.6 is 0 Å². The standard InChI is InChI=1S/C29H36N4O4/c1-19-16-33(20(2)18-34)29(36)25-13-24(23-11-7-8-21(12-23)14-30)15-31-27(25)37-26(19)17-32(3)28(35)22-9-5-4-6-10-22/h7-8,11-13,15,19-20,22,26,34H,4-6,9-10,16-18H2,1-3H3/t19-,20+,26+/m0/s1. The normalized spacial score (nSPS) is 21.2. The molecule has 4 rings (SSSR count). The van der Waals surface area contributed by atoms with E-state index < -0.39 is 6.04 Å². The molecule has 1 aliphatic carbocycles. The number of ether oxygens (including phenoxy) is 1. The summed E-state index contributed by atoms with van der Waals surface area (Å²) >= 11 is 0. The number of hydrogen-bond acceptors (Lipinski definition) is 6. The molecular formula is C29H36N4O4. The Morgan fingerprint density at radius 3 is 2.73 bits per heavy atom. The van der Waals surface area contributed by atoms with Crippen molar-refractivity contribution in [2.45, 2.75) is 58.1 Å². The van der Waals surface area contributed by atoms with Crippen LogP contribution in [0.5, 0.6) is 5.88 Å². The predicted octanol–water partition coefficient (Wildman–Crippen LogP) is 3.88. The van der Waals surface area contributed by atoms with Crippen molar-refractivity contribution < 1.29 is 19.4 Å². The Morgan fingerprint density at radius 1 is 1.27 bits per heavy atom. The van der Waals surface area contributed by atoms with Gasteiger partial charge in [0, 0.05) is 37.2 Å². The minimum atomic E-state index is -0.395. The Labute approximate surface area is 218 Å². The van der Waals surface area contributed by atoms with E-state index >= 15 is 0 Å². The molecule has 8 nitrogen and oxygen atoms in total. The lowest BCUT2D eigenvalue weighted by molar-refractivity contribution is -0.136. The molecule has 2 amide bonds. The van der Waals surface area contributed by atoms with E-state index in [1.165, 1.54) is 6.42 Å². The molecule has 1 fully saturated rings. The molecule has 2 aliphatic rings. The number of aliphatic hydroxyl groups is 1. The molecule has 196 valence electrons. The molecule has 0 saturated heterocycles. The summed E-state index contributed by atoms with van der Waals surface area (Å²) in [5.74, 6) is 0.0681. The van der Waals surface area contributed by atoms with Crippen LogP contribution in [0.2, 0.25) is 0 Å². The van der Waals surface area contributed by atoms with Crippen molar-refractivity contribution in [1.82, 2.24) is 14.8 Å². The third-order valence-electron chi connectivity index (χ3n) is 7.63. The van der Waals surface area contributed by atoms with Crippen LogP contribution in [0, 0.1) is 23.2 Å². The summed E-state index contributed by atoms with van der Waals surface area (Å²) in [4.78, 5) is 34.8. The van der Waals surface area contributed by atoms with Crippen LogP contribution in [0.15, 0.2) is 36.5 Å². The molecule has 0 unspecified atom stereocenters. The van der Waals surface area contributed by atoms with Crippen molar-refractivity contribution in [2.75, 3.05) is 26.7 Å². The zero-order valence-corrected chi connectivity index (χ0v) is 21.9. The first-order valence-corrected chi connectivity index (χ1v) is 13.2. The number of aromatic nitrogens is 1. The number of nitriles is 1. The largest absolute Gasteiger partial charge is 0.472 e. The summed E-state index contributed by atoms with van der Waals surface area (Å²) in [5.41, 5.74) is 2.29. The summed E-state index contributed by atoms with van der Waals surface area (Å²) in [7, 11) is 1.82. The highest BCUT2D eigenvalue weighted by Gasteiger charge is 2.35. The average Bonchev–Trinajstić information content (AvgIpc) is 2.94. The van der Waals surface area contributed by atoms with Gasteiger partial charge in [-0.3, -0.25) is 9.59 Å². The van der Waals surface area contributed by atoms with Crippen LogP contribution in [0.3, 0.4) is 0 Å². The fraction of sp³-hybridized carbons (Fsp3) is 0.517. The Morgan fingerprint density at radius 2 is 2.03 bits per heavy atom. The number of benzene rings is 1. The average molecular weight is 505 g/mol. The van der Waals surface area contributed by atoms with Gasteiger partial charge in [-0.1, -0.05) is 38.3 Å². The molecule has 0 bridgehead atoms. The van der Waals surface area contributed by atoms with Gasteiger partial charge in [-0.05, 0) is 43.5 Å². The molecule has 1 aromatic carbocycles. The Balaban J connectivity index is 1.66. The van der Waals surface area contributed by atoms with E-state index in [9.17, 15) is 20.0 Å². The second kappa shape index (κ2) is 11.7. The predicted molar refractivity (Wildman–Crippen MR) is 140 cm³/mol. The van der Waals surface area contributed by atoms with E-state index in [4.69, 9.17) is 4.74 Å². The van der Waals surface area contributed by atoms with Gasteiger partial charge in [0.05, 0.1) is 30.8 Å². The fourth-order valence-electron chi connectivity index (χ4n) is 5.27. The Kier molecular flexibility index (Phi) is 8.45.